The molecule has 0 bridgehead atoms. The molecule has 0 aliphatic heterocycles. The van der Waals surface area contributed by atoms with Crippen LogP contribution in [0.4, 0.5) is 0 Å². The molecule has 204 valence electrons. The summed E-state index contributed by atoms with van der Waals surface area (Å²) in [5, 5.41) is 3.19. The Balaban J connectivity index is 1.16. The van der Waals surface area contributed by atoms with E-state index in [0.717, 1.165) is 83.1 Å². The maximum absolute atomic E-state index is 5.96. The van der Waals surface area contributed by atoms with Gasteiger partial charge in [0.25, 0.3) is 0 Å². The number of hydrogen-bond acceptors (Lipinski definition) is 4. The number of pyridine rings is 2. The van der Waals surface area contributed by atoms with Gasteiger partial charge in [-0.05, 0) is 42.3 Å². The summed E-state index contributed by atoms with van der Waals surface area (Å²) in [6.45, 7) is 2.01. The average molecular weight is 560 g/mol. The smallest absolute Gasteiger partial charge is 0.160 e. The fourth-order valence-corrected chi connectivity index (χ4v) is 5.76. The first-order chi connectivity index (χ1) is 21.6. The van der Waals surface area contributed by atoms with Gasteiger partial charge in [-0.1, -0.05) is 115 Å². The molecule has 3 aromatic heterocycles. The zero-order chi connectivity index (χ0) is 29.6. The highest BCUT2D eigenvalue weighted by molar-refractivity contribution is 6.32. The molecule has 5 heteroatoms. The molecule has 3 heterocycles. The Morgan fingerprint density at radius 3 is 1.95 bits per heavy atom. The van der Waals surface area contributed by atoms with Crippen LogP contribution in [0.15, 0.2) is 133 Å². The van der Waals surface area contributed by atoms with E-state index in [2.05, 4.69) is 84.9 Å². The van der Waals surface area contributed by atoms with Gasteiger partial charge in [0.2, 0.25) is 0 Å². The van der Waals surface area contributed by atoms with Gasteiger partial charge in [-0.25, -0.2) is 15.0 Å². The summed E-state index contributed by atoms with van der Waals surface area (Å²) >= 11 is 0. The van der Waals surface area contributed by atoms with E-state index in [9.17, 15) is 0 Å². The van der Waals surface area contributed by atoms with Crippen LogP contribution < -0.4 is 5.46 Å². The molecular formula is C39H25BN4. The SMILES string of the molecule is [B]c1ccc(-c2nc(-c3cccc(-c4ccc(-c5ccc6ccc7ccc(C)nc7c6n5)cc4)c3)nc3ccccc23)cc1. The Morgan fingerprint density at radius 2 is 1.14 bits per heavy atom. The lowest BCUT2D eigenvalue weighted by atomic mass is 9.94. The predicted molar refractivity (Wildman–Crippen MR) is 182 cm³/mol. The van der Waals surface area contributed by atoms with Crippen molar-refractivity contribution in [3.8, 4) is 45.0 Å². The molecule has 0 saturated carbocycles. The molecule has 0 amide bonds. The Morgan fingerprint density at radius 1 is 0.477 bits per heavy atom. The largest absolute Gasteiger partial charge is 0.251 e. The first kappa shape index (κ1) is 26.0. The molecule has 5 aromatic carbocycles. The van der Waals surface area contributed by atoms with Gasteiger partial charge in [-0.15, -0.1) is 0 Å². The number of nitrogens with zero attached hydrogens (tertiary/aromatic N) is 4. The quantitative estimate of drug-likeness (QED) is 0.160. The summed E-state index contributed by atoms with van der Waals surface area (Å²) in [6, 6.07) is 45.5. The third-order valence-corrected chi connectivity index (χ3v) is 8.08. The molecule has 0 N–H and O–H groups in total. The van der Waals surface area contributed by atoms with Crippen LogP contribution in [0, 0.1) is 6.92 Å². The molecule has 0 aliphatic rings. The Kier molecular flexibility index (Phi) is 6.23. The Labute approximate surface area is 256 Å². The van der Waals surface area contributed by atoms with Gasteiger partial charge in [-0.3, -0.25) is 4.98 Å². The molecule has 4 nitrogen and oxygen atoms in total. The zero-order valence-electron chi connectivity index (χ0n) is 24.1. The highest BCUT2D eigenvalue weighted by Gasteiger charge is 2.13. The van der Waals surface area contributed by atoms with Crippen molar-refractivity contribution in [3.63, 3.8) is 0 Å². The van der Waals surface area contributed by atoms with E-state index in [-0.39, 0.29) is 0 Å². The van der Waals surface area contributed by atoms with Crippen LogP contribution in [-0.4, -0.2) is 27.8 Å². The Hall–Kier alpha value is -5.68. The lowest BCUT2D eigenvalue weighted by Crippen LogP contribution is -2.00. The normalized spacial score (nSPS) is 11.4. The minimum atomic E-state index is 0.686. The predicted octanol–water partition coefficient (Wildman–Crippen LogP) is 8.50. The van der Waals surface area contributed by atoms with Crippen LogP contribution in [0.3, 0.4) is 0 Å². The number of hydrogen-bond donors (Lipinski definition) is 0. The number of fused-ring (bicyclic) bond motifs is 4. The lowest BCUT2D eigenvalue weighted by molar-refractivity contribution is 1.23. The summed E-state index contributed by atoms with van der Waals surface area (Å²) in [5.74, 6) is 0.686. The van der Waals surface area contributed by atoms with Crippen LogP contribution in [-0.2, 0) is 0 Å². The molecule has 0 fully saturated rings. The second-order valence-corrected chi connectivity index (χ2v) is 11.1. The van der Waals surface area contributed by atoms with Crippen molar-refractivity contribution in [2.75, 3.05) is 0 Å². The van der Waals surface area contributed by atoms with Crippen molar-refractivity contribution in [1.29, 1.82) is 0 Å². The van der Waals surface area contributed by atoms with Gasteiger partial charge < -0.3 is 0 Å². The number of para-hydroxylation sites is 1. The van der Waals surface area contributed by atoms with Crippen molar-refractivity contribution in [1.82, 2.24) is 19.9 Å². The third-order valence-electron chi connectivity index (χ3n) is 8.08. The summed E-state index contributed by atoms with van der Waals surface area (Å²) in [6.07, 6.45) is 0. The van der Waals surface area contributed by atoms with Crippen LogP contribution in [0.5, 0.6) is 0 Å². The molecule has 0 aliphatic carbocycles. The van der Waals surface area contributed by atoms with Crippen LogP contribution >= 0.6 is 0 Å². The molecule has 0 saturated heterocycles. The molecule has 0 atom stereocenters. The van der Waals surface area contributed by atoms with Crippen LogP contribution in [0.1, 0.15) is 5.69 Å². The monoisotopic (exact) mass is 560 g/mol. The highest BCUT2D eigenvalue weighted by Crippen LogP contribution is 2.32. The van der Waals surface area contributed by atoms with E-state index < -0.39 is 0 Å². The number of benzene rings is 5. The lowest BCUT2D eigenvalue weighted by Gasteiger charge is -2.11. The van der Waals surface area contributed by atoms with Gasteiger partial charge in [0.15, 0.2) is 5.82 Å². The molecule has 2 radical (unpaired) electrons. The van der Waals surface area contributed by atoms with E-state index in [0.29, 0.717) is 5.82 Å². The summed E-state index contributed by atoms with van der Waals surface area (Å²) in [7, 11) is 5.96. The molecule has 0 unspecified atom stereocenters. The van der Waals surface area contributed by atoms with Gasteiger partial charge in [0.1, 0.15) is 7.85 Å². The fourth-order valence-electron chi connectivity index (χ4n) is 5.76. The molecule has 0 spiro atoms. The van der Waals surface area contributed by atoms with Crippen molar-refractivity contribution >= 4 is 46.0 Å². The first-order valence-corrected chi connectivity index (χ1v) is 14.6. The van der Waals surface area contributed by atoms with E-state index >= 15 is 0 Å². The standard InChI is InChI=1S/C39H25BN4/c1-24-9-10-28-15-16-29-19-22-34(42-38(29)37(28)41-24)26-13-11-25(12-14-26)30-5-4-6-31(23-30)39-43-35-8-3-2-7-33(35)36(44-39)27-17-20-32(40)21-18-27/h2-23H,1H3. The van der Waals surface area contributed by atoms with E-state index in [1.165, 1.54) is 0 Å². The van der Waals surface area contributed by atoms with E-state index in [1.807, 2.05) is 55.5 Å². The topological polar surface area (TPSA) is 51.6 Å². The molecule has 44 heavy (non-hydrogen) atoms. The van der Waals surface area contributed by atoms with Crippen LogP contribution in [0.2, 0.25) is 0 Å². The average Bonchev–Trinajstić information content (AvgIpc) is 3.08. The van der Waals surface area contributed by atoms with E-state index in [1.54, 1.807) is 0 Å². The van der Waals surface area contributed by atoms with Crippen molar-refractivity contribution in [2.24, 2.45) is 0 Å². The summed E-state index contributed by atoms with van der Waals surface area (Å²) < 4.78 is 0. The summed E-state index contributed by atoms with van der Waals surface area (Å²) in [5.41, 5.74) is 11.5. The van der Waals surface area contributed by atoms with Gasteiger partial charge in [0, 0.05) is 38.5 Å². The van der Waals surface area contributed by atoms with Crippen LogP contribution in [0.25, 0.3) is 77.7 Å². The molecule has 8 aromatic rings. The van der Waals surface area contributed by atoms with Gasteiger partial charge in [-0.2, -0.15) is 0 Å². The maximum Gasteiger partial charge on any atom is 0.160 e. The first-order valence-electron chi connectivity index (χ1n) is 14.6. The molecule has 8 rings (SSSR count). The number of rotatable bonds is 4. The van der Waals surface area contributed by atoms with E-state index in [4.69, 9.17) is 27.8 Å². The number of aromatic nitrogens is 4. The zero-order valence-corrected chi connectivity index (χ0v) is 24.1. The summed E-state index contributed by atoms with van der Waals surface area (Å²) in [4.78, 5) is 19.8. The highest BCUT2D eigenvalue weighted by atomic mass is 14.9. The third kappa shape index (κ3) is 4.69. The van der Waals surface area contributed by atoms with Crippen molar-refractivity contribution in [2.45, 2.75) is 6.92 Å². The minimum absolute atomic E-state index is 0.686. The van der Waals surface area contributed by atoms with Crippen molar-refractivity contribution < 1.29 is 0 Å². The number of aryl methyl sites for hydroxylation is 1. The second kappa shape index (κ2) is 10.5. The molecular weight excluding hydrogens is 535 g/mol. The minimum Gasteiger partial charge on any atom is -0.251 e. The van der Waals surface area contributed by atoms with Gasteiger partial charge in [0.05, 0.1) is 27.9 Å². The second-order valence-electron chi connectivity index (χ2n) is 11.1. The maximum atomic E-state index is 5.96. The Bertz CT molecular complexity index is 2350. The van der Waals surface area contributed by atoms with Gasteiger partial charge >= 0.3 is 0 Å². The van der Waals surface area contributed by atoms with Crippen molar-refractivity contribution in [3.05, 3.63) is 139 Å². The fraction of sp³-hybridized carbons (Fsp3) is 0.0256.